The van der Waals surface area contributed by atoms with Crippen LogP contribution in [-0.4, -0.2) is 22.4 Å². The van der Waals surface area contributed by atoms with Gasteiger partial charge in [0.1, 0.15) is 17.0 Å². The maximum atomic E-state index is 12.0. The van der Waals surface area contributed by atoms with E-state index in [-0.39, 0.29) is 5.91 Å². The van der Waals surface area contributed by atoms with Crippen molar-refractivity contribution in [2.45, 2.75) is 32.6 Å². The second-order valence-electron chi connectivity index (χ2n) is 6.18. The molecule has 0 unspecified atom stereocenters. The highest BCUT2D eigenvalue weighted by Gasteiger charge is 2.20. The quantitative estimate of drug-likeness (QED) is 0.743. The first-order valence-electron chi connectivity index (χ1n) is 8.67. The molecule has 0 saturated heterocycles. The molecule has 0 aliphatic heterocycles. The van der Waals surface area contributed by atoms with E-state index in [0.29, 0.717) is 12.1 Å². The minimum absolute atomic E-state index is 0.0631. The normalized spacial score (nSPS) is 13.5. The monoisotopic (exact) mass is 352 g/mol. The first-order valence-corrected chi connectivity index (χ1v) is 9.48. The van der Waals surface area contributed by atoms with Crippen molar-refractivity contribution >= 4 is 39.0 Å². The number of amides is 1. The fraction of sp³-hybridized carbons (Fsp3) is 0.316. The first-order chi connectivity index (χ1) is 12.3. The van der Waals surface area contributed by atoms with Gasteiger partial charge in [-0.3, -0.25) is 4.79 Å². The van der Waals surface area contributed by atoms with Crippen LogP contribution < -0.4 is 10.6 Å². The minimum Gasteiger partial charge on any atom is -0.352 e. The molecule has 2 heterocycles. The van der Waals surface area contributed by atoms with Gasteiger partial charge in [-0.2, -0.15) is 0 Å². The van der Waals surface area contributed by atoms with Gasteiger partial charge in [0.2, 0.25) is 0 Å². The highest BCUT2D eigenvalue weighted by Crippen LogP contribution is 2.38. The van der Waals surface area contributed by atoms with Crippen molar-refractivity contribution < 1.29 is 4.79 Å². The van der Waals surface area contributed by atoms with Crippen LogP contribution in [-0.2, 0) is 12.8 Å². The molecule has 0 atom stereocenters. The molecule has 3 aromatic rings. The van der Waals surface area contributed by atoms with Crippen molar-refractivity contribution in [2.75, 3.05) is 11.9 Å². The van der Waals surface area contributed by atoms with Crippen molar-refractivity contribution in [3.8, 4) is 0 Å². The number of anilines is 2. The van der Waals surface area contributed by atoms with Gasteiger partial charge in [-0.05, 0) is 56.4 Å². The number of hydrogen-bond donors (Lipinski definition) is 2. The largest absolute Gasteiger partial charge is 0.352 e. The van der Waals surface area contributed by atoms with Crippen LogP contribution in [0.3, 0.4) is 0 Å². The number of fused-ring (bicyclic) bond motifs is 3. The van der Waals surface area contributed by atoms with Crippen molar-refractivity contribution in [1.29, 1.82) is 0 Å². The fourth-order valence-electron chi connectivity index (χ4n) is 3.32. The van der Waals surface area contributed by atoms with Crippen molar-refractivity contribution in [3.05, 3.63) is 46.6 Å². The molecule has 0 bridgehead atoms. The van der Waals surface area contributed by atoms with Crippen molar-refractivity contribution in [1.82, 2.24) is 15.3 Å². The van der Waals surface area contributed by atoms with Gasteiger partial charge in [0.15, 0.2) is 0 Å². The molecule has 0 saturated carbocycles. The van der Waals surface area contributed by atoms with Crippen LogP contribution in [0, 0.1) is 0 Å². The van der Waals surface area contributed by atoms with Crippen LogP contribution in [0.4, 0.5) is 11.5 Å². The fourth-order valence-corrected chi connectivity index (χ4v) is 4.55. The van der Waals surface area contributed by atoms with E-state index in [0.717, 1.165) is 34.6 Å². The third-order valence-electron chi connectivity index (χ3n) is 4.48. The molecular formula is C19H20N4OS. The summed E-state index contributed by atoms with van der Waals surface area (Å²) in [7, 11) is 0. The van der Waals surface area contributed by atoms with E-state index in [1.165, 1.54) is 23.3 Å². The van der Waals surface area contributed by atoms with Crippen LogP contribution in [0.15, 0.2) is 30.6 Å². The van der Waals surface area contributed by atoms with E-state index < -0.39 is 0 Å². The highest BCUT2D eigenvalue weighted by molar-refractivity contribution is 7.19. The van der Waals surface area contributed by atoms with Gasteiger partial charge in [0.25, 0.3) is 5.91 Å². The number of carbonyl (C=O) groups is 1. The maximum absolute atomic E-state index is 12.0. The molecule has 128 valence electrons. The molecule has 25 heavy (non-hydrogen) atoms. The standard InChI is InChI=1S/C19H20N4OS/c1-2-20-18(24)12-6-5-7-13(10-12)23-17-16-14-8-3-4-9-15(14)25-19(16)22-11-21-17/h5-7,10-11H,2-4,8-9H2,1H3,(H,20,24)(H,21,22,23). The Labute approximate surface area is 150 Å². The van der Waals surface area contributed by atoms with Crippen LogP contribution in [0.25, 0.3) is 10.2 Å². The van der Waals surface area contributed by atoms with E-state index >= 15 is 0 Å². The lowest BCUT2D eigenvalue weighted by Gasteiger charge is -2.13. The Morgan fingerprint density at radius 1 is 1.24 bits per heavy atom. The van der Waals surface area contributed by atoms with Gasteiger partial charge in [-0.15, -0.1) is 11.3 Å². The van der Waals surface area contributed by atoms with Gasteiger partial charge < -0.3 is 10.6 Å². The first kappa shape index (κ1) is 16.0. The maximum Gasteiger partial charge on any atom is 0.251 e. The third-order valence-corrected chi connectivity index (χ3v) is 5.68. The topological polar surface area (TPSA) is 66.9 Å². The Bertz CT molecular complexity index is 934. The second kappa shape index (κ2) is 6.80. The molecule has 1 aliphatic rings. The lowest BCUT2D eigenvalue weighted by atomic mass is 9.97. The second-order valence-corrected chi connectivity index (χ2v) is 7.26. The summed E-state index contributed by atoms with van der Waals surface area (Å²) >= 11 is 1.78. The summed E-state index contributed by atoms with van der Waals surface area (Å²) < 4.78 is 0. The number of nitrogens with one attached hydrogen (secondary N) is 2. The summed E-state index contributed by atoms with van der Waals surface area (Å²) in [5.74, 6) is 0.768. The molecule has 1 aliphatic carbocycles. The summed E-state index contributed by atoms with van der Waals surface area (Å²) in [5, 5.41) is 7.37. The van der Waals surface area contributed by atoms with Gasteiger partial charge >= 0.3 is 0 Å². The number of aromatic nitrogens is 2. The smallest absolute Gasteiger partial charge is 0.251 e. The molecule has 4 rings (SSSR count). The molecule has 6 heteroatoms. The van der Waals surface area contributed by atoms with E-state index in [1.54, 1.807) is 17.7 Å². The van der Waals surface area contributed by atoms with Crippen molar-refractivity contribution in [3.63, 3.8) is 0 Å². The number of thiophene rings is 1. The number of aryl methyl sites for hydroxylation is 2. The molecule has 0 radical (unpaired) electrons. The predicted molar refractivity (Wildman–Crippen MR) is 102 cm³/mol. The van der Waals surface area contributed by atoms with E-state index in [1.807, 2.05) is 31.2 Å². The molecule has 2 N–H and O–H groups in total. The van der Waals surface area contributed by atoms with Gasteiger partial charge in [0.05, 0.1) is 5.39 Å². The van der Waals surface area contributed by atoms with E-state index in [4.69, 9.17) is 0 Å². The van der Waals surface area contributed by atoms with Crippen molar-refractivity contribution in [2.24, 2.45) is 0 Å². The summed E-state index contributed by atoms with van der Waals surface area (Å²) in [5.41, 5.74) is 2.90. The van der Waals surface area contributed by atoms with Gasteiger partial charge in [-0.25, -0.2) is 9.97 Å². The average Bonchev–Trinajstić information content (AvgIpc) is 3.02. The lowest BCUT2D eigenvalue weighted by molar-refractivity contribution is 0.0956. The Hall–Kier alpha value is -2.47. The van der Waals surface area contributed by atoms with Gasteiger partial charge in [0, 0.05) is 22.7 Å². The average molecular weight is 352 g/mol. The Kier molecular flexibility index (Phi) is 4.36. The van der Waals surface area contributed by atoms with Crippen LogP contribution in [0.2, 0.25) is 0 Å². The van der Waals surface area contributed by atoms with Gasteiger partial charge in [-0.1, -0.05) is 6.07 Å². The Morgan fingerprint density at radius 2 is 2.12 bits per heavy atom. The zero-order chi connectivity index (χ0) is 17.2. The molecular weight excluding hydrogens is 332 g/mol. The summed E-state index contributed by atoms with van der Waals surface area (Å²) in [4.78, 5) is 23.5. The number of carbonyl (C=O) groups excluding carboxylic acids is 1. The SMILES string of the molecule is CCNC(=O)c1cccc(Nc2ncnc3sc4c(c23)CCCC4)c1. The number of hydrogen-bond acceptors (Lipinski definition) is 5. The molecule has 1 aromatic carbocycles. The van der Waals surface area contributed by atoms with E-state index in [2.05, 4.69) is 20.6 Å². The number of rotatable bonds is 4. The predicted octanol–water partition coefficient (Wildman–Crippen LogP) is 4.06. The number of benzene rings is 1. The Balaban J connectivity index is 1.70. The molecule has 0 spiro atoms. The molecule has 2 aromatic heterocycles. The van der Waals surface area contributed by atoms with Crippen LogP contribution >= 0.6 is 11.3 Å². The summed E-state index contributed by atoms with van der Waals surface area (Å²) in [6.07, 6.45) is 6.32. The lowest BCUT2D eigenvalue weighted by Crippen LogP contribution is -2.22. The Morgan fingerprint density at radius 3 is 3.00 bits per heavy atom. The molecule has 5 nitrogen and oxygen atoms in total. The summed E-state index contributed by atoms with van der Waals surface area (Å²) in [6, 6.07) is 7.51. The molecule has 1 amide bonds. The zero-order valence-electron chi connectivity index (χ0n) is 14.1. The number of nitrogens with zero attached hydrogens (tertiary/aromatic N) is 2. The third kappa shape index (κ3) is 3.09. The minimum atomic E-state index is -0.0631. The van der Waals surface area contributed by atoms with E-state index in [9.17, 15) is 4.79 Å². The summed E-state index contributed by atoms with van der Waals surface area (Å²) in [6.45, 7) is 2.53. The van der Waals surface area contributed by atoms with Crippen LogP contribution in [0.1, 0.15) is 40.6 Å². The molecule has 0 fully saturated rings. The van der Waals surface area contributed by atoms with Crippen LogP contribution in [0.5, 0.6) is 0 Å². The zero-order valence-corrected chi connectivity index (χ0v) is 14.9. The highest BCUT2D eigenvalue weighted by atomic mass is 32.1.